The maximum absolute atomic E-state index is 4.53. The highest BCUT2D eigenvalue weighted by molar-refractivity contribution is 7.09. The summed E-state index contributed by atoms with van der Waals surface area (Å²) >= 11 is 1.76. The molecule has 2 heterocycles. The summed E-state index contributed by atoms with van der Waals surface area (Å²) in [6.45, 7) is 13.6. The molecule has 0 saturated carbocycles. The van der Waals surface area contributed by atoms with Crippen molar-refractivity contribution in [3.63, 3.8) is 0 Å². The number of hydrogen-bond donors (Lipinski definition) is 1. The number of thiazole rings is 1. The van der Waals surface area contributed by atoms with E-state index in [1.54, 1.807) is 11.3 Å². The van der Waals surface area contributed by atoms with Gasteiger partial charge in [0, 0.05) is 36.2 Å². The summed E-state index contributed by atoms with van der Waals surface area (Å²) in [7, 11) is 0. The van der Waals surface area contributed by atoms with Crippen molar-refractivity contribution >= 4 is 11.3 Å². The molecule has 2 unspecified atom stereocenters. The van der Waals surface area contributed by atoms with Crippen molar-refractivity contribution in [1.29, 1.82) is 0 Å². The van der Waals surface area contributed by atoms with E-state index in [4.69, 9.17) is 0 Å². The van der Waals surface area contributed by atoms with E-state index in [2.05, 4.69) is 55.2 Å². The summed E-state index contributed by atoms with van der Waals surface area (Å²) < 4.78 is 0. The molecule has 0 bridgehead atoms. The minimum Gasteiger partial charge on any atom is -0.309 e. The Bertz CT molecular complexity index is 388. The number of piperazine rings is 1. The Kier molecular flexibility index (Phi) is 3.81. The zero-order chi connectivity index (χ0) is 13.4. The first-order valence-electron chi connectivity index (χ1n) is 6.81. The van der Waals surface area contributed by atoms with E-state index in [9.17, 15) is 0 Å². The highest BCUT2D eigenvalue weighted by Gasteiger charge is 2.41. The molecule has 2 rings (SSSR count). The largest absolute Gasteiger partial charge is 0.309 e. The van der Waals surface area contributed by atoms with E-state index in [1.807, 2.05) is 6.20 Å². The van der Waals surface area contributed by atoms with E-state index in [-0.39, 0.29) is 11.1 Å². The van der Waals surface area contributed by atoms with E-state index in [0.717, 1.165) is 19.5 Å². The minimum atomic E-state index is 0.0200. The number of aromatic nitrogens is 1. The average molecular weight is 267 g/mol. The van der Waals surface area contributed by atoms with Crippen molar-refractivity contribution in [3.8, 4) is 0 Å². The summed E-state index contributed by atoms with van der Waals surface area (Å²) in [6, 6.07) is 0.545. The lowest BCUT2D eigenvalue weighted by molar-refractivity contribution is 0.00790. The molecule has 4 heteroatoms. The van der Waals surface area contributed by atoms with Crippen molar-refractivity contribution in [1.82, 2.24) is 15.2 Å². The van der Waals surface area contributed by atoms with Crippen LogP contribution >= 0.6 is 11.3 Å². The minimum absolute atomic E-state index is 0.0200. The van der Waals surface area contributed by atoms with Crippen LogP contribution in [0.25, 0.3) is 0 Å². The topological polar surface area (TPSA) is 28.2 Å². The van der Waals surface area contributed by atoms with Crippen LogP contribution in [-0.2, 0) is 5.54 Å². The Balaban J connectivity index is 2.25. The predicted octanol–water partition coefficient (Wildman–Crippen LogP) is 2.84. The monoisotopic (exact) mass is 267 g/mol. The van der Waals surface area contributed by atoms with Gasteiger partial charge < -0.3 is 5.32 Å². The van der Waals surface area contributed by atoms with Crippen LogP contribution in [0.1, 0.15) is 46.0 Å². The van der Waals surface area contributed by atoms with Crippen LogP contribution < -0.4 is 5.32 Å². The molecule has 1 aromatic rings. The van der Waals surface area contributed by atoms with Gasteiger partial charge in [0.05, 0.1) is 5.54 Å². The van der Waals surface area contributed by atoms with Crippen molar-refractivity contribution in [2.75, 3.05) is 13.1 Å². The van der Waals surface area contributed by atoms with Gasteiger partial charge in [0.1, 0.15) is 5.01 Å². The van der Waals surface area contributed by atoms with Gasteiger partial charge in [-0.15, -0.1) is 11.3 Å². The first-order chi connectivity index (χ1) is 8.39. The van der Waals surface area contributed by atoms with Gasteiger partial charge in [-0.05, 0) is 34.1 Å². The van der Waals surface area contributed by atoms with Gasteiger partial charge in [-0.2, -0.15) is 0 Å². The molecule has 2 atom stereocenters. The van der Waals surface area contributed by atoms with Crippen LogP contribution in [0.5, 0.6) is 0 Å². The normalized spacial score (nSPS) is 30.6. The lowest BCUT2D eigenvalue weighted by Crippen LogP contribution is -2.65. The highest BCUT2D eigenvalue weighted by atomic mass is 32.1. The number of hydrogen-bond acceptors (Lipinski definition) is 4. The standard InChI is InChI=1S/C14H25N3S/c1-6-14(5)10-17(11(2)9-16-14)13(3,4)12-15-7-8-18-12/h7-8,11,16H,6,9-10H2,1-5H3. The fourth-order valence-electron chi connectivity index (χ4n) is 2.73. The van der Waals surface area contributed by atoms with Gasteiger partial charge >= 0.3 is 0 Å². The Morgan fingerprint density at radius 2 is 2.33 bits per heavy atom. The Labute approximate surface area is 115 Å². The highest BCUT2D eigenvalue weighted by Crippen LogP contribution is 2.34. The Hall–Kier alpha value is -0.450. The average Bonchev–Trinajstić information content (AvgIpc) is 2.87. The second kappa shape index (κ2) is 4.91. The maximum atomic E-state index is 4.53. The van der Waals surface area contributed by atoms with Crippen LogP contribution in [0, 0.1) is 0 Å². The van der Waals surface area contributed by atoms with Crippen LogP contribution in [0.2, 0.25) is 0 Å². The third kappa shape index (κ3) is 2.46. The van der Waals surface area contributed by atoms with E-state index in [1.165, 1.54) is 5.01 Å². The molecule has 0 aromatic carbocycles. The summed E-state index contributed by atoms with van der Waals surface area (Å²) in [5.41, 5.74) is 0.243. The van der Waals surface area contributed by atoms with Crippen molar-refractivity contribution < 1.29 is 0 Å². The smallest absolute Gasteiger partial charge is 0.112 e. The van der Waals surface area contributed by atoms with E-state index in [0.29, 0.717) is 6.04 Å². The predicted molar refractivity (Wildman–Crippen MR) is 78.0 cm³/mol. The second-order valence-corrected chi connectivity index (χ2v) is 7.06. The first kappa shape index (κ1) is 14.0. The molecule has 1 aliphatic rings. The summed E-state index contributed by atoms with van der Waals surface area (Å²) in [6.07, 6.45) is 3.07. The van der Waals surface area contributed by atoms with Crippen LogP contribution in [0.15, 0.2) is 11.6 Å². The third-order valence-corrected chi connectivity index (χ3v) is 5.42. The van der Waals surface area contributed by atoms with Gasteiger partial charge in [-0.25, -0.2) is 4.98 Å². The molecule has 0 amide bonds. The molecule has 0 radical (unpaired) electrons. The molecule has 3 nitrogen and oxygen atoms in total. The zero-order valence-corrected chi connectivity index (χ0v) is 13.0. The van der Waals surface area contributed by atoms with Crippen LogP contribution in [-0.4, -0.2) is 34.6 Å². The maximum Gasteiger partial charge on any atom is 0.112 e. The number of nitrogens with zero attached hydrogens (tertiary/aromatic N) is 2. The number of rotatable bonds is 3. The van der Waals surface area contributed by atoms with Gasteiger partial charge in [0.25, 0.3) is 0 Å². The zero-order valence-electron chi connectivity index (χ0n) is 12.2. The quantitative estimate of drug-likeness (QED) is 0.913. The van der Waals surface area contributed by atoms with E-state index >= 15 is 0 Å². The van der Waals surface area contributed by atoms with Crippen molar-refractivity contribution in [2.45, 2.75) is 58.2 Å². The second-order valence-electron chi connectivity index (χ2n) is 6.17. The molecule has 102 valence electrons. The Morgan fingerprint density at radius 3 is 2.89 bits per heavy atom. The van der Waals surface area contributed by atoms with Crippen LogP contribution in [0.4, 0.5) is 0 Å². The molecule has 0 aliphatic carbocycles. The molecule has 1 aliphatic heterocycles. The molecular weight excluding hydrogens is 242 g/mol. The van der Waals surface area contributed by atoms with Gasteiger partial charge in [-0.1, -0.05) is 6.92 Å². The lowest BCUT2D eigenvalue weighted by atomic mass is 9.89. The molecule has 1 aromatic heterocycles. The fraction of sp³-hybridized carbons (Fsp3) is 0.786. The van der Waals surface area contributed by atoms with Crippen molar-refractivity contribution in [2.24, 2.45) is 0 Å². The van der Waals surface area contributed by atoms with E-state index < -0.39 is 0 Å². The summed E-state index contributed by atoms with van der Waals surface area (Å²) in [4.78, 5) is 7.13. The summed E-state index contributed by atoms with van der Waals surface area (Å²) in [5.74, 6) is 0. The fourth-order valence-corrected chi connectivity index (χ4v) is 3.50. The van der Waals surface area contributed by atoms with Crippen LogP contribution in [0.3, 0.4) is 0 Å². The van der Waals surface area contributed by atoms with Crippen molar-refractivity contribution in [3.05, 3.63) is 16.6 Å². The van der Waals surface area contributed by atoms with Gasteiger partial charge in [-0.3, -0.25) is 4.90 Å². The first-order valence-corrected chi connectivity index (χ1v) is 7.69. The lowest BCUT2D eigenvalue weighted by Gasteiger charge is -2.51. The third-order valence-electron chi connectivity index (χ3n) is 4.33. The molecule has 0 spiro atoms. The molecular formula is C14H25N3S. The Morgan fingerprint density at radius 1 is 1.61 bits per heavy atom. The van der Waals surface area contributed by atoms with Gasteiger partial charge in [0.15, 0.2) is 0 Å². The van der Waals surface area contributed by atoms with Gasteiger partial charge in [0.2, 0.25) is 0 Å². The number of nitrogens with one attached hydrogen (secondary N) is 1. The SMILES string of the molecule is CCC1(C)CN(C(C)(C)c2nccs2)C(C)CN1. The molecule has 1 saturated heterocycles. The molecule has 1 fully saturated rings. The summed E-state index contributed by atoms with van der Waals surface area (Å²) in [5, 5.41) is 6.97. The molecule has 18 heavy (non-hydrogen) atoms. The molecule has 1 N–H and O–H groups in total.